The molecule has 1 amide bonds. The van der Waals surface area contributed by atoms with Crippen LogP contribution in [-0.4, -0.2) is 53.4 Å². The molecule has 6 atom stereocenters. The van der Waals surface area contributed by atoms with Gasteiger partial charge >= 0.3 is 0 Å². The number of hydrogen-bond acceptors (Lipinski definition) is 4. The molecular formula is C26H35NO4. The van der Waals surface area contributed by atoms with Gasteiger partial charge in [-0.05, 0) is 31.2 Å². The van der Waals surface area contributed by atoms with Gasteiger partial charge in [-0.25, -0.2) is 0 Å². The molecule has 31 heavy (non-hydrogen) atoms. The number of carbonyl (C=O) groups is 1. The van der Waals surface area contributed by atoms with Crippen LogP contribution in [0.3, 0.4) is 0 Å². The van der Waals surface area contributed by atoms with E-state index in [1.165, 1.54) is 0 Å². The van der Waals surface area contributed by atoms with Gasteiger partial charge in [-0.3, -0.25) is 4.79 Å². The Kier molecular flexibility index (Phi) is 7.80. The predicted molar refractivity (Wildman–Crippen MR) is 122 cm³/mol. The maximum atomic E-state index is 11.9. The topological polar surface area (TPSA) is 70.0 Å². The van der Waals surface area contributed by atoms with E-state index in [9.17, 15) is 15.0 Å². The first-order chi connectivity index (χ1) is 14.8. The standard InChI is InChI=1S/C26H35NO4/c1-5-6-9-17(2)21(28)15-14-19-22(29)16-23-25(19)20-12-7-10-18(26(20)31-23)11-8-13-24(30)27(3)4/h7,10,12,14-15,17,19,21-23,25,28-29H,8-9,11,13,16H2,1-4H3/b15-14+/t17?,19-,21+,22+,23-,25-/m0/s1. The fourth-order valence-corrected chi connectivity index (χ4v) is 4.63. The highest BCUT2D eigenvalue weighted by molar-refractivity contribution is 5.75. The zero-order chi connectivity index (χ0) is 22.5. The van der Waals surface area contributed by atoms with Gasteiger partial charge in [0, 0.05) is 50.8 Å². The first-order valence-corrected chi connectivity index (χ1v) is 11.3. The number of aliphatic hydroxyl groups excluding tert-OH is 2. The van der Waals surface area contributed by atoms with Gasteiger partial charge in [-0.2, -0.15) is 0 Å². The second-order valence-corrected chi connectivity index (χ2v) is 9.02. The van der Waals surface area contributed by atoms with Crippen molar-refractivity contribution >= 4 is 5.91 Å². The molecule has 1 aliphatic carbocycles. The monoisotopic (exact) mass is 425 g/mol. The number of hydrogen-bond donors (Lipinski definition) is 2. The predicted octanol–water partition coefficient (Wildman–Crippen LogP) is 3.29. The molecule has 0 saturated heterocycles. The lowest BCUT2D eigenvalue weighted by Crippen LogP contribution is -2.21. The minimum atomic E-state index is -0.588. The Hall–Kier alpha value is -2.29. The van der Waals surface area contributed by atoms with E-state index in [1.54, 1.807) is 25.9 Å². The summed E-state index contributed by atoms with van der Waals surface area (Å²) >= 11 is 0. The third-order valence-corrected chi connectivity index (χ3v) is 6.54. The van der Waals surface area contributed by atoms with E-state index in [4.69, 9.17) is 4.74 Å². The normalized spacial score (nSPS) is 25.9. The number of carbonyl (C=O) groups excluding carboxylic acids is 1. The Bertz CT molecular complexity index is 866. The summed E-state index contributed by atoms with van der Waals surface area (Å²) in [6.45, 7) is 3.78. The summed E-state index contributed by atoms with van der Waals surface area (Å²) in [5, 5.41) is 21.1. The zero-order valence-electron chi connectivity index (χ0n) is 19.0. The van der Waals surface area contributed by atoms with Crippen LogP contribution in [0, 0.1) is 23.7 Å². The molecule has 1 saturated carbocycles. The summed E-state index contributed by atoms with van der Waals surface area (Å²) in [5.41, 5.74) is 2.26. The lowest BCUT2D eigenvalue weighted by atomic mass is 9.86. The summed E-state index contributed by atoms with van der Waals surface area (Å²) < 4.78 is 6.31. The van der Waals surface area contributed by atoms with Crippen molar-refractivity contribution in [1.82, 2.24) is 4.90 Å². The molecule has 0 bridgehead atoms. The molecule has 1 aromatic carbocycles. The molecule has 1 unspecified atom stereocenters. The van der Waals surface area contributed by atoms with E-state index in [2.05, 4.69) is 24.0 Å². The molecule has 1 aromatic rings. The number of fused-ring (bicyclic) bond motifs is 3. The molecular weight excluding hydrogens is 390 g/mol. The van der Waals surface area contributed by atoms with Crippen LogP contribution in [-0.2, 0) is 11.2 Å². The highest BCUT2D eigenvalue weighted by Crippen LogP contribution is 2.52. The van der Waals surface area contributed by atoms with Crippen LogP contribution in [0.1, 0.15) is 56.6 Å². The van der Waals surface area contributed by atoms with Crippen LogP contribution < -0.4 is 4.74 Å². The molecule has 1 heterocycles. The number of amides is 1. The molecule has 0 aromatic heterocycles. The van der Waals surface area contributed by atoms with Crippen LogP contribution in [0.15, 0.2) is 30.4 Å². The Labute approximate surface area is 186 Å². The summed E-state index contributed by atoms with van der Waals surface area (Å²) in [7, 11) is 3.56. The van der Waals surface area contributed by atoms with Gasteiger partial charge in [0.1, 0.15) is 11.9 Å². The Morgan fingerprint density at radius 3 is 2.87 bits per heavy atom. The third kappa shape index (κ3) is 5.31. The van der Waals surface area contributed by atoms with Gasteiger partial charge in [0.25, 0.3) is 0 Å². The Morgan fingerprint density at radius 1 is 1.39 bits per heavy atom. The Balaban J connectivity index is 1.72. The summed E-state index contributed by atoms with van der Waals surface area (Å²) in [5.74, 6) is 6.98. The lowest BCUT2D eigenvalue weighted by Gasteiger charge is -2.19. The highest BCUT2D eigenvalue weighted by Gasteiger charge is 2.48. The van der Waals surface area contributed by atoms with Crippen molar-refractivity contribution in [3.8, 4) is 17.6 Å². The maximum Gasteiger partial charge on any atom is 0.222 e. The zero-order valence-corrected chi connectivity index (χ0v) is 19.0. The molecule has 5 nitrogen and oxygen atoms in total. The van der Waals surface area contributed by atoms with Crippen molar-refractivity contribution in [3.05, 3.63) is 41.5 Å². The molecule has 0 radical (unpaired) electrons. The number of aryl methyl sites for hydroxylation is 1. The summed E-state index contributed by atoms with van der Waals surface area (Å²) in [4.78, 5) is 13.5. The number of aliphatic hydroxyl groups is 2. The average molecular weight is 426 g/mol. The van der Waals surface area contributed by atoms with Gasteiger partial charge in [-0.15, -0.1) is 11.8 Å². The molecule has 3 rings (SSSR count). The number of rotatable bonds is 8. The van der Waals surface area contributed by atoms with Crippen molar-refractivity contribution in [2.75, 3.05) is 14.1 Å². The van der Waals surface area contributed by atoms with Crippen LogP contribution in [0.25, 0.3) is 0 Å². The van der Waals surface area contributed by atoms with Crippen molar-refractivity contribution in [1.29, 1.82) is 0 Å². The smallest absolute Gasteiger partial charge is 0.222 e. The summed E-state index contributed by atoms with van der Waals surface area (Å²) in [6, 6.07) is 6.20. The molecule has 1 aliphatic heterocycles. The summed E-state index contributed by atoms with van der Waals surface area (Å²) in [6.07, 6.45) is 5.98. The molecule has 5 heteroatoms. The molecule has 168 valence electrons. The van der Waals surface area contributed by atoms with E-state index in [-0.39, 0.29) is 29.8 Å². The first kappa shape index (κ1) is 23.4. The number of ether oxygens (including phenoxy) is 1. The molecule has 0 spiro atoms. The molecule has 2 aliphatic rings. The van der Waals surface area contributed by atoms with E-state index in [0.29, 0.717) is 19.3 Å². The Morgan fingerprint density at radius 2 is 2.16 bits per heavy atom. The second-order valence-electron chi connectivity index (χ2n) is 9.02. The van der Waals surface area contributed by atoms with Gasteiger partial charge in [-0.1, -0.05) is 37.3 Å². The SMILES string of the molecule is CC#CCC(C)[C@H](O)/C=C/[C@@H]1[C@H]2c3cccc(CCCC(=O)N(C)C)c3O[C@H]2C[C@H]1O. The second kappa shape index (κ2) is 10.3. The number of benzene rings is 1. The third-order valence-electron chi connectivity index (χ3n) is 6.54. The fourth-order valence-electron chi connectivity index (χ4n) is 4.63. The minimum Gasteiger partial charge on any atom is -0.489 e. The van der Waals surface area contributed by atoms with Gasteiger partial charge in [0.2, 0.25) is 5.91 Å². The van der Waals surface area contributed by atoms with Gasteiger partial charge < -0.3 is 19.8 Å². The fraction of sp³-hybridized carbons (Fsp3) is 0.577. The molecule has 1 fully saturated rings. The van der Waals surface area contributed by atoms with Gasteiger partial charge in [0.05, 0.1) is 12.2 Å². The largest absolute Gasteiger partial charge is 0.489 e. The van der Waals surface area contributed by atoms with Crippen molar-refractivity contribution in [3.63, 3.8) is 0 Å². The first-order valence-electron chi connectivity index (χ1n) is 11.3. The van der Waals surface area contributed by atoms with Crippen molar-refractivity contribution < 1.29 is 19.7 Å². The van der Waals surface area contributed by atoms with Crippen molar-refractivity contribution in [2.45, 2.75) is 70.2 Å². The van der Waals surface area contributed by atoms with Crippen LogP contribution >= 0.6 is 0 Å². The van der Waals surface area contributed by atoms with E-state index in [1.807, 2.05) is 25.1 Å². The van der Waals surface area contributed by atoms with Gasteiger partial charge in [0.15, 0.2) is 0 Å². The number of para-hydroxylation sites is 1. The van der Waals surface area contributed by atoms with E-state index >= 15 is 0 Å². The lowest BCUT2D eigenvalue weighted by molar-refractivity contribution is -0.128. The van der Waals surface area contributed by atoms with E-state index in [0.717, 1.165) is 29.7 Å². The van der Waals surface area contributed by atoms with Crippen LogP contribution in [0.5, 0.6) is 5.75 Å². The van der Waals surface area contributed by atoms with E-state index < -0.39 is 12.2 Å². The quantitative estimate of drug-likeness (QED) is 0.495. The van der Waals surface area contributed by atoms with Crippen LogP contribution in [0.4, 0.5) is 0 Å². The molecule has 2 N–H and O–H groups in total. The van der Waals surface area contributed by atoms with Crippen LogP contribution in [0.2, 0.25) is 0 Å². The highest BCUT2D eigenvalue weighted by atomic mass is 16.5. The number of nitrogens with zero attached hydrogens (tertiary/aromatic N) is 1. The van der Waals surface area contributed by atoms with Crippen molar-refractivity contribution in [2.24, 2.45) is 11.8 Å². The minimum absolute atomic E-state index is 0.0432. The maximum absolute atomic E-state index is 11.9. The average Bonchev–Trinajstić information content (AvgIpc) is 3.25.